The van der Waals surface area contributed by atoms with Crippen LogP contribution in [-0.2, 0) is 7.05 Å². The number of hydrogen-bond acceptors (Lipinski definition) is 3. The summed E-state index contributed by atoms with van der Waals surface area (Å²) in [5, 5.41) is 12.7. The molecule has 0 aliphatic carbocycles. The topological polar surface area (TPSA) is 59.3 Å². The maximum Gasteiger partial charge on any atom is 0.341 e. The summed E-state index contributed by atoms with van der Waals surface area (Å²) in [6.45, 7) is 0. The lowest BCUT2D eigenvalue weighted by Gasteiger charge is -2.01. The fourth-order valence-corrected chi connectivity index (χ4v) is 2.21. The first-order valence-electron chi connectivity index (χ1n) is 3.90. The monoisotopic (exact) mass is 209 g/mol. The zero-order chi connectivity index (χ0) is 10.3. The second-order valence-corrected chi connectivity index (χ2v) is 3.70. The minimum Gasteiger partial charge on any atom is -0.477 e. The summed E-state index contributed by atoms with van der Waals surface area (Å²) in [4.78, 5) is 22.3. The number of aryl methyl sites for hydroxylation is 1. The predicted molar refractivity (Wildman–Crippen MR) is 54.0 cm³/mol. The van der Waals surface area contributed by atoms with Gasteiger partial charge < -0.3 is 9.67 Å². The van der Waals surface area contributed by atoms with Crippen molar-refractivity contribution in [3.05, 3.63) is 32.7 Å². The Morgan fingerprint density at radius 2 is 2.21 bits per heavy atom. The van der Waals surface area contributed by atoms with Crippen molar-refractivity contribution in [1.82, 2.24) is 4.57 Å². The molecule has 72 valence electrons. The van der Waals surface area contributed by atoms with E-state index in [0.29, 0.717) is 5.39 Å². The van der Waals surface area contributed by atoms with E-state index in [0.717, 1.165) is 5.52 Å². The molecule has 0 aliphatic heterocycles. The molecule has 0 atom stereocenters. The zero-order valence-corrected chi connectivity index (χ0v) is 8.17. The first kappa shape index (κ1) is 8.96. The van der Waals surface area contributed by atoms with Gasteiger partial charge in [0.1, 0.15) is 5.56 Å². The quantitative estimate of drug-likeness (QED) is 0.770. The molecule has 14 heavy (non-hydrogen) atoms. The van der Waals surface area contributed by atoms with Gasteiger partial charge in [0.2, 0.25) is 5.43 Å². The number of nitrogens with zero attached hydrogens (tertiary/aromatic N) is 1. The molecule has 0 aromatic carbocycles. The number of carboxylic acid groups (broad SMARTS) is 1. The van der Waals surface area contributed by atoms with Gasteiger partial charge in [0.05, 0.1) is 10.9 Å². The maximum atomic E-state index is 11.6. The second kappa shape index (κ2) is 2.95. The van der Waals surface area contributed by atoms with Crippen LogP contribution in [-0.4, -0.2) is 15.6 Å². The molecule has 0 aliphatic rings. The van der Waals surface area contributed by atoms with Crippen LogP contribution in [0.15, 0.2) is 21.8 Å². The number of carbonyl (C=O) groups is 1. The molecule has 0 fully saturated rings. The van der Waals surface area contributed by atoms with Gasteiger partial charge in [-0.2, -0.15) is 0 Å². The van der Waals surface area contributed by atoms with E-state index in [2.05, 4.69) is 0 Å². The molecule has 2 heterocycles. The number of carboxylic acids is 1. The molecule has 0 saturated carbocycles. The third kappa shape index (κ3) is 1.13. The molecule has 0 saturated heterocycles. The molecule has 0 amide bonds. The summed E-state index contributed by atoms with van der Waals surface area (Å²) in [6, 6.07) is 0. The molecule has 0 bridgehead atoms. The summed E-state index contributed by atoms with van der Waals surface area (Å²) in [7, 11) is 1.72. The molecule has 2 aromatic heterocycles. The molecule has 2 aromatic rings. The third-order valence-electron chi connectivity index (χ3n) is 2.06. The van der Waals surface area contributed by atoms with E-state index in [1.807, 2.05) is 5.38 Å². The molecule has 0 spiro atoms. The van der Waals surface area contributed by atoms with Crippen LogP contribution in [0.5, 0.6) is 0 Å². The van der Waals surface area contributed by atoms with Crippen molar-refractivity contribution in [2.24, 2.45) is 7.05 Å². The lowest BCUT2D eigenvalue weighted by molar-refractivity contribution is 0.0695. The van der Waals surface area contributed by atoms with Gasteiger partial charge in [-0.05, 0) is 0 Å². The minimum atomic E-state index is -1.18. The number of hydrogen-bond donors (Lipinski definition) is 1. The maximum absolute atomic E-state index is 11.6. The van der Waals surface area contributed by atoms with Crippen molar-refractivity contribution in [2.75, 3.05) is 0 Å². The van der Waals surface area contributed by atoms with Crippen molar-refractivity contribution in [3.8, 4) is 0 Å². The predicted octanol–water partition coefficient (Wildman–Crippen LogP) is 1.30. The van der Waals surface area contributed by atoms with Gasteiger partial charge in [-0.1, -0.05) is 0 Å². The summed E-state index contributed by atoms with van der Waals surface area (Å²) in [5.41, 5.74) is 0.176. The summed E-state index contributed by atoms with van der Waals surface area (Å²) in [6.07, 6.45) is 1.35. The van der Waals surface area contributed by atoms with Crippen LogP contribution in [0, 0.1) is 0 Å². The first-order valence-corrected chi connectivity index (χ1v) is 4.84. The van der Waals surface area contributed by atoms with Gasteiger partial charge in [-0.25, -0.2) is 4.79 Å². The summed E-state index contributed by atoms with van der Waals surface area (Å²) in [5.74, 6) is -1.18. The largest absolute Gasteiger partial charge is 0.477 e. The normalized spacial score (nSPS) is 10.6. The summed E-state index contributed by atoms with van der Waals surface area (Å²) >= 11 is 1.39. The van der Waals surface area contributed by atoms with Crippen LogP contribution in [0.1, 0.15) is 10.4 Å². The van der Waals surface area contributed by atoms with E-state index in [9.17, 15) is 9.59 Å². The van der Waals surface area contributed by atoms with Crippen molar-refractivity contribution in [1.29, 1.82) is 0 Å². The van der Waals surface area contributed by atoms with Gasteiger partial charge in [0.15, 0.2) is 0 Å². The number of aromatic carboxylic acids is 1. The third-order valence-corrected chi connectivity index (χ3v) is 2.80. The van der Waals surface area contributed by atoms with Gasteiger partial charge in [0, 0.05) is 24.0 Å². The Morgan fingerprint density at radius 3 is 2.86 bits per heavy atom. The SMILES string of the molecule is Cn1cc(C(=O)O)c(=O)c2cscc21. The number of pyridine rings is 1. The number of fused-ring (bicyclic) bond motifs is 1. The molecule has 2 rings (SSSR count). The van der Waals surface area contributed by atoms with Crippen molar-refractivity contribution >= 4 is 28.2 Å². The molecular weight excluding hydrogens is 202 g/mol. The Balaban J connectivity index is 2.96. The fraction of sp³-hybridized carbons (Fsp3) is 0.111. The van der Waals surface area contributed by atoms with Gasteiger partial charge in [-0.3, -0.25) is 4.79 Å². The van der Waals surface area contributed by atoms with Crippen LogP contribution in [0.2, 0.25) is 0 Å². The van der Waals surface area contributed by atoms with Crippen molar-refractivity contribution < 1.29 is 9.90 Å². The highest BCUT2D eigenvalue weighted by molar-refractivity contribution is 7.09. The molecule has 4 nitrogen and oxygen atoms in total. The smallest absolute Gasteiger partial charge is 0.341 e. The average molecular weight is 209 g/mol. The Bertz CT molecular complexity index is 567. The van der Waals surface area contributed by atoms with E-state index in [-0.39, 0.29) is 5.56 Å². The highest BCUT2D eigenvalue weighted by Crippen LogP contribution is 2.15. The average Bonchev–Trinajstić information content (AvgIpc) is 2.59. The van der Waals surface area contributed by atoms with Crippen molar-refractivity contribution in [3.63, 3.8) is 0 Å². The van der Waals surface area contributed by atoms with Crippen LogP contribution in [0.4, 0.5) is 0 Å². The van der Waals surface area contributed by atoms with Crippen LogP contribution in [0.3, 0.4) is 0 Å². The van der Waals surface area contributed by atoms with E-state index < -0.39 is 11.4 Å². The van der Waals surface area contributed by atoms with Gasteiger partial charge >= 0.3 is 5.97 Å². The number of rotatable bonds is 1. The molecule has 0 radical (unpaired) electrons. The highest BCUT2D eigenvalue weighted by atomic mass is 32.1. The molecule has 5 heteroatoms. The Labute approximate surface area is 83.0 Å². The summed E-state index contributed by atoms with van der Waals surface area (Å²) < 4.78 is 1.65. The Hall–Kier alpha value is -1.62. The van der Waals surface area contributed by atoms with E-state index >= 15 is 0 Å². The fourth-order valence-electron chi connectivity index (χ4n) is 1.35. The lowest BCUT2D eigenvalue weighted by atomic mass is 10.2. The van der Waals surface area contributed by atoms with Crippen LogP contribution in [0.25, 0.3) is 10.9 Å². The van der Waals surface area contributed by atoms with Gasteiger partial charge in [-0.15, -0.1) is 11.3 Å². The minimum absolute atomic E-state index is 0.182. The van der Waals surface area contributed by atoms with Crippen LogP contribution < -0.4 is 5.43 Å². The Morgan fingerprint density at radius 1 is 1.50 bits per heavy atom. The van der Waals surface area contributed by atoms with Crippen molar-refractivity contribution in [2.45, 2.75) is 0 Å². The van der Waals surface area contributed by atoms with Gasteiger partial charge in [0.25, 0.3) is 0 Å². The van der Waals surface area contributed by atoms with Crippen LogP contribution >= 0.6 is 11.3 Å². The number of aromatic nitrogens is 1. The molecule has 1 N–H and O–H groups in total. The highest BCUT2D eigenvalue weighted by Gasteiger charge is 2.13. The lowest BCUT2D eigenvalue weighted by Crippen LogP contribution is -2.16. The van der Waals surface area contributed by atoms with E-state index in [1.54, 1.807) is 17.0 Å². The van der Waals surface area contributed by atoms with E-state index in [1.165, 1.54) is 17.5 Å². The van der Waals surface area contributed by atoms with E-state index in [4.69, 9.17) is 5.11 Å². The molecule has 0 unspecified atom stereocenters. The zero-order valence-electron chi connectivity index (χ0n) is 7.35. The second-order valence-electron chi connectivity index (χ2n) is 2.96. The first-order chi connectivity index (χ1) is 6.61. The number of thiophene rings is 1. The standard InChI is InChI=1S/C9H7NO3S/c1-10-2-5(9(12)13)8(11)6-3-14-4-7(6)10/h2-4H,1H3,(H,12,13). The molecular formula is C9H7NO3S. The Kier molecular flexibility index (Phi) is 1.89.